The lowest BCUT2D eigenvalue weighted by Crippen LogP contribution is -2.37. The van der Waals surface area contributed by atoms with Crippen molar-refractivity contribution in [3.05, 3.63) is 28.8 Å². The number of carbonyl (C=O) groups excluding carboxylic acids is 2. The molecule has 0 aromatic heterocycles. The minimum Gasteiger partial charge on any atom is -0.496 e. The van der Waals surface area contributed by atoms with Crippen LogP contribution in [0.15, 0.2) is 18.2 Å². The van der Waals surface area contributed by atoms with E-state index in [0.717, 1.165) is 0 Å². The van der Waals surface area contributed by atoms with Gasteiger partial charge in [0.2, 0.25) is 0 Å². The quantitative estimate of drug-likeness (QED) is 0.799. The number of amides is 1. The third-order valence-corrected chi connectivity index (χ3v) is 3.09. The van der Waals surface area contributed by atoms with E-state index in [1.54, 1.807) is 39.0 Å². The van der Waals surface area contributed by atoms with Gasteiger partial charge in [-0.2, -0.15) is 0 Å². The number of hydrogen-bond acceptors (Lipinski definition) is 4. The highest BCUT2D eigenvalue weighted by Crippen LogP contribution is 2.34. The molecule has 5 nitrogen and oxygen atoms in total. The molecule has 6 heteroatoms. The second-order valence-electron chi connectivity index (χ2n) is 5.53. The van der Waals surface area contributed by atoms with Gasteiger partial charge in [-0.15, -0.1) is 0 Å². The zero-order valence-corrected chi connectivity index (χ0v) is 13.6. The van der Waals surface area contributed by atoms with Gasteiger partial charge in [0.15, 0.2) is 0 Å². The molecule has 0 aliphatic heterocycles. The van der Waals surface area contributed by atoms with E-state index in [1.807, 2.05) is 0 Å². The average Bonchev–Trinajstić information content (AvgIpc) is 2.39. The van der Waals surface area contributed by atoms with Crippen LogP contribution in [0, 0.1) is 0 Å². The van der Waals surface area contributed by atoms with Gasteiger partial charge in [-0.1, -0.05) is 17.7 Å². The number of ether oxygens (including phenoxy) is 2. The van der Waals surface area contributed by atoms with Gasteiger partial charge >= 0.3 is 6.09 Å². The topological polar surface area (TPSA) is 55.8 Å². The fourth-order valence-corrected chi connectivity index (χ4v) is 2.06. The van der Waals surface area contributed by atoms with Crippen LogP contribution >= 0.6 is 11.6 Å². The summed E-state index contributed by atoms with van der Waals surface area (Å²) >= 11 is 6.15. The zero-order chi connectivity index (χ0) is 16.2. The van der Waals surface area contributed by atoms with Crippen LogP contribution in [-0.2, 0) is 9.53 Å². The van der Waals surface area contributed by atoms with Gasteiger partial charge in [-0.05, 0) is 32.9 Å². The van der Waals surface area contributed by atoms with Crippen molar-refractivity contribution in [3.63, 3.8) is 0 Å². The molecule has 21 heavy (non-hydrogen) atoms. The molecule has 0 aliphatic carbocycles. The number of benzene rings is 1. The van der Waals surface area contributed by atoms with Crippen LogP contribution in [0.2, 0.25) is 5.02 Å². The van der Waals surface area contributed by atoms with Crippen LogP contribution < -0.4 is 4.74 Å². The molecule has 1 aromatic carbocycles. The van der Waals surface area contributed by atoms with E-state index in [4.69, 9.17) is 21.1 Å². The van der Waals surface area contributed by atoms with Crippen molar-refractivity contribution in [2.75, 3.05) is 14.2 Å². The van der Waals surface area contributed by atoms with Gasteiger partial charge in [0.1, 0.15) is 23.7 Å². The van der Waals surface area contributed by atoms with Crippen LogP contribution in [-0.4, -0.2) is 37.0 Å². The summed E-state index contributed by atoms with van der Waals surface area (Å²) in [5.74, 6) is 0.440. The maximum atomic E-state index is 12.1. The molecule has 0 saturated carbocycles. The third kappa shape index (κ3) is 4.36. The van der Waals surface area contributed by atoms with Crippen molar-refractivity contribution >= 4 is 24.0 Å². The van der Waals surface area contributed by atoms with Crippen LogP contribution in [0.3, 0.4) is 0 Å². The molecule has 0 spiro atoms. The predicted molar refractivity (Wildman–Crippen MR) is 80.8 cm³/mol. The summed E-state index contributed by atoms with van der Waals surface area (Å²) < 4.78 is 10.5. The summed E-state index contributed by atoms with van der Waals surface area (Å²) in [6.07, 6.45) is 0.0229. The number of likely N-dealkylation sites (N-methyl/N-ethyl adjacent to an activating group) is 1. The van der Waals surface area contributed by atoms with E-state index < -0.39 is 17.7 Å². The van der Waals surface area contributed by atoms with E-state index in [9.17, 15) is 9.59 Å². The van der Waals surface area contributed by atoms with Crippen molar-refractivity contribution in [2.45, 2.75) is 32.4 Å². The summed E-state index contributed by atoms with van der Waals surface area (Å²) in [4.78, 5) is 24.8. The molecule has 1 rings (SSSR count). The van der Waals surface area contributed by atoms with E-state index in [0.29, 0.717) is 22.6 Å². The molecular formula is C15H20ClNO4. The Morgan fingerprint density at radius 2 is 2.00 bits per heavy atom. The smallest absolute Gasteiger partial charge is 0.410 e. The SMILES string of the molecule is COc1cccc(Cl)c1C(C=O)N(C)C(=O)OC(C)(C)C. The fourth-order valence-electron chi connectivity index (χ4n) is 1.78. The standard InChI is InChI=1S/C15H20ClNO4/c1-15(2,3)21-14(19)17(4)11(9-18)13-10(16)7-6-8-12(13)20-5/h6-9,11H,1-5H3. The van der Waals surface area contributed by atoms with Gasteiger partial charge in [-0.3, -0.25) is 4.90 Å². The number of carbonyl (C=O) groups is 2. The monoisotopic (exact) mass is 313 g/mol. The predicted octanol–water partition coefficient (Wildman–Crippen LogP) is 3.46. The molecule has 0 aliphatic rings. The molecule has 1 aromatic rings. The fraction of sp³-hybridized carbons (Fsp3) is 0.467. The van der Waals surface area contributed by atoms with Crippen LogP contribution in [0.4, 0.5) is 4.79 Å². The number of hydrogen-bond donors (Lipinski definition) is 0. The van der Waals surface area contributed by atoms with E-state index in [1.165, 1.54) is 19.1 Å². The molecule has 116 valence electrons. The Kier molecular flexibility index (Phi) is 5.61. The normalized spacial score (nSPS) is 12.5. The Hall–Kier alpha value is -1.75. The van der Waals surface area contributed by atoms with E-state index in [2.05, 4.69) is 0 Å². The molecule has 1 atom stereocenters. The molecular weight excluding hydrogens is 294 g/mol. The lowest BCUT2D eigenvalue weighted by molar-refractivity contribution is -0.112. The van der Waals surface area contributed by atoms with Gasteiger partial charge in [0.05, 0.1) is 12.1 Å². The molecule has 0 bridgehead atoms. The van der Waals surface area contributed by atoms with Gasteiger partial charge < -0.3 is 14.3 Å². The van der Waals surface area contributed by atoms with Crippen molar-refractivity contribution in [2.24, 2.45) is 0 Å². The molecule has 0 heterocycles. The Balaban J connectivity index is 3.14. The second-order valence-corrected chi connectivity index (χ2v) is 5.94. The Bertz CT molecular complexity index is 525. The highest BCUT2D eigenvalue weighted by Gasteiger charge is 2.29. The number of methoxy groups -OCH3 is 1. The van der Waals surface area contributed by atoms with Crippen molar-refractivity contribution in [1.29, 1.82) is 0 Å². The largest absolute Gasteiger partial charge is 0.496 e. The second kappa shape index (κ2) is 6.80. The first-order valence-electron chi connectivity index (χ1n) is 6.44. The number of rotatable bonds is 4. The van der Waals surface area contributed by atoms with E-state index >= 15 is 0 Å². The zero-order valence-electron chi connectivity index (χ0n) is 12.8. The first-order valence-corrected chi connectivity index (χ1v) is 6.82. The first-order chi connectivity index (χ1) is 9.71. The Morgan fingerprint density at radius 1 is 1.38 bits per heavy atom. The summed E-state index contributed by atoms with van der Waals surface area (Å²) in [7, 11) is 2.96. The minimum atomic E-state index is -0.886. The lowest BCUT2D eigenvalue weighted by atomic mass is 10.1. The first kappa shape index (κ1) is 17.3. The highest BCUT2D eigenvalue weighted by atomic mass is 35.5. The van der Waals surface area contributed by atoms with Gasteiger partial charge in [0.25, 0.3) is 0 Å². The lowest BCUT2D eigenvalue weighted by Gasteiger charge is -2.29. The summed E-state index contributed by atoms with van der Waals surface area (Å²) in [5.41, 5.74) is -0.214. The summed E-state index contributed by atoms with van der Waals surface area (Å²) in [5, 5.41) is 0.349. The van der Waals surface area contributed by atoms with Crippen molar-refractivity contribution in [3.8, 4) is 5.75 Å². The third-order valence-electron chi connectivity index (χ3n) is 2.76. The van der Waals surface area contributed by atoms with Crippen LogP contribution in [0.1, 0.15) is 32.4 Å². The van der Waals surface area contributed by atoms with Crippen LogP contribution in [0.25, 0.3) is 0 Å². The Morgan fingerprint density at radius 3 is 2.48 bits per heavy atom. The Labute approximate surface area is 129 Å². The minimum absolute atomic E-state index is 0.349. The summed E-state index contributed by atoms with van der Waals surface area (Å²) in [6, 6.07) is 4.14. The van der Waals surface area contributed by atoms with E-state index in [-0.39, 0.29) is 0 Å². The van der Waals surface area contributed by atoms with Crippen LogP contribution in [0.5, 0.6) is 5.75 Å². The number of halogens is 1. The van der Waals surface area contributed by atoms with Crippen molar-refractivity contribution in [1.82, 2.24) is 4.90 Å². The molecule has 1 unspecified atom stereocenters. The van der Waals surface area contributed by atoms with Crippen molar-refractivity contribution < 1.29 is 19.1 Å². The highest BCUT2D eigenvalue weighted by molar-refractivity contribution is 6.31. The maximum Gasteiger partial charge on any atom is 0.410 e. The van der Waals surface area contributed by atoms with Gasteiger partial charge in [0, 0.05) is 12.6 Å². The average molecular weight is 314 g/mol. The molecule has 0 fully saturated rings. The van der Waals surface area contributed by atoms with Gasteiger partial charge in [-0.25, -0.2) is 4.79 Å². The maximum absolute atomic E-state index is 12.1. The molecule has 0 radical (unpaired) electrons. The molecule has 1 amide bonds. The molecule has 0 N–H and O–H groups in total. The molecule has 0 saturated heterocycles. The number of nitrogens with zero attached hydrogens (tertiary/aromatic N) is 1. The summed E-state index contributed by atoms with van der Waals surface area (Å²) in [6.45, 7) is 5.26. The number of aldehydes is 1.